The molecular formula is C15H22N4O2. The van der Waals surface area contributed by atoms with Gasteiger partial charge in [0.2, 0.25) is 5.89 Å². The number of aromatic nitrogens is 2. The van der Waals surface area contributed by atoms with Gasteiger partial charge in [-0.1, -0.05) is 30.2 Å². The lowest BCUT2D eigenvalue weighted by molar-refractivity contribution is 0.410. The van der Waals surface area contributed by atoms with Crippen LogP contribution in [0.4, 0.5) is 6.01 Å². The first-order valence-corrected chi connectivity index (χ1v) is 7.22. The summed E-state index contributed by atoms with van der Waals surface area (Å²) >= 11 is 0. The van der Waals surface area contributed by atoms with Gasteiger partial charge in [-0.15, -0.1) is 5.10 Å². The highest BCUT2D eigenvalue weighted by Crippen LogP contribution is 2.17. The number of nitrogens with one attached hydrogen (secondary N) is 2. The summed E-state index contributed by atoms with van der Waals surface area (Å²) in [6.07, 6.45) is 1.91. The van der Waals surface area contributed by atoms with Gasteiger partial charge in [0.05, 0.1) is 13.7 Å². The zero-order valence-electron chi connectivity index (χ0n) is 12.6. The SMILES string of the molecule is CCCNCc1nnc(NCCc2ccccc2OC)o1. The molecule has 1 aromatic carbocycles. The van der Waals surface area contributed by atoms with Crippen LogP contribution in [0.3, 0.4) is 0 Å². The molecule has 0 aliphatic rings. The lowest BCUT2D eigenvalue weighted by Crippen LogP contribution is -2.13. The van der Waals surface area contributed by atoms with Crippen molar-refractivity contribution in [2.75, 3.05) is 25.5 Å². The minimum absolute atomic E-state index is 0.457. The van der Waals surface area contributed by atoms with Gasteiger partial charge in [0, 0.05) is 6.54 Å². The third-order valence-corrected chi connectivity index (χ3v) is 3.03. The average molecular weight is 290 g/mol. The van der Waals surface area contributed by atoms with Crippen LogP contribution in [0, 0.1) is 0 Å². The first-order valence-electron chi connectivity index (χ1n) is 7.22. The van der Waals surface area contributed by atoms with E-state index in [1.807, 2.05) is 18.2 Å². The van der Waals surface area contributed by atoms with E-state index in [0.29, 0.717) is 25.0 Å². The van der Waals surface area contributed by atoms with E-state index < -0.39 is 0 Å². The lowest BCUT2D eigenvalue weighted by Gasteiger charge is -2.07. The van der Waals surface area contributed by atoms with Crippen LogP contribution in [0.2, 0.25) is 0 Å². The van der Waals surface area contributed by atoms with Gasteiger partial charge in [-0.3, -0.25) is 0 Å². The van der Waals surface area contributed by atoms with Crippen LogP contribution < -0.4 is 15.4 Å². The van der Waals surface area contributed by atoms with Crippen molar-refractivity contribution >= 4 is 6.01 Å². The number of ether oxygens (including phenoxy) is 1. The van der Waals surface area contributed by atoms with Crippen molar-refractivity contribution in [3.8, 4) is 5.75 Å². The summed E-state index contributed by atoms with van der Waals surface area (Å²) < 4.78 is 10.8. The number of methoxy groups -OCH3 is 1. The zero-order valence-corrected chi connectivity index (χ0v) is 12.6. The molecule has 0 saturated heterocycles. The van der Waals surface area contributed by atoms with Gasteiger partial charge < -0.3 is 19.8 Å². The topological polar surface area (TPSA) is 72.2 Å². The van der Waals surface area contributed by atoms with Gasteiger partial charge in [0.25, 0.3) is 0 Å². The number of nitrogens with zero attached hydrogens (tertiary/aromatic N) is 2. The molecule has 6 heteroatoms. The molecule has 0 radical (unpaired) electrons. The Bertz CT molecular complexity index is 542. The number of benzene rings is 1. The Labute approximate surface area is 124 Å². The van der Waals surface area contributed by atoms with E-state index in [1.165, 1.54) is 0 Å². The quantitative estimate of drug-likeness (QED) is 0.690. The molecule has 0 atom stereocenters. The van der Waals surface area contributed by atoms with Gasteiger partial charge in [-0.2, -0.15) is 0 Å². The fourth-order valence-corrected chi connectivity index (χ4v) is 1.98. The Morgan fingerprint density at radius 3 is 2.86 bits per heavy atom. The fraction of sp³-hybridized carbons (Fsp3) is 0.467. The molecular weight excluding hydrogens is 268 g/mol. The monoisotopic (exact) mass is 290 g/mol. The van der Waals surface area contributed by atoms with Gasteiger partial charge in [0.15, 0.2) is 0 Å². The first kappa shape index (κ1) is 15.3. The van der Waals surface area contributed by atoms with Crippen molar-refractivity contribution in [3.05, 3.63) is 35.7 Å². The molecule has 2 rings (SSSR count). The second-order valence-corrected chi connectivity index (χ2v) is 4.67. The Balaban J connectivity index is 1.78. The van der Waals surface area contributed by atoms with E-state index in [0.717, 1.165) is 30.7 Å². The minimum atomic E-state index is 0.457. The zero-order chi connectivity index (χ0) is 14.9. The summed E-state index contributed by atoms with van der Waals surface area (Å²) in [6, 6.07) is 8.43. The fourth-order valence-electron chi connectivity index (χ4n) is 1.98. The van der Waals surface area contributed by atoms with Gasteiger partial charge >= 0.3 is 6.01 Å². The molecule has 0 aliphatic heterocycles. The van der Waals surface area contributed by atoms with Crippen LogP contribution in [-0.2, 0) is 13.0 Å². The van der Waals surface area contributed by atoms with Crippen LogP contribution in [0.1, 0.15) is 24.8 Å². The molecule has 0 saturated carbocycles. The van der Waals surface area contributed by atoms with E-state index >= 15 is 0 Å². The van der Waals surface area contributed by atoms with Gasteiger partial charge in [-0.05, 0) is 31.0 Å². The number of anilines is 1. The Morgan fingerprint density at radius 1 is 1.19 bits per heavy atom. The maximum Gasteiger partial charge on any atom is 0.315 e. The Morgan fingerprint density at radius 2 is 2.05 bits per heavy atom. The molecule has 0 aliphatic carbocycles. The van der Waals surface area contributed by atoms with E-state index in [4.69, 9.17) is 9.15 Å². The molecule has 2 N–H and O–H groups in total. The van der Waals surface area contributed by atoms with Crippen LogP contribution in [0.15, 0.2) is 28.7 Å². The molecule has 6 nitrogen and oxygen atoms in total. The van der Waals surface area contributed by atoms with Gasteiger partial charge in [-0.25, -0.2) is 0 Å². The lowest BCUT2D eigenvalue weighted by atomic mass is 10.1. The number of rotatable bonds is 9. The van der Waals surface area contributed by atoms with Crippen LogP contribution in [0.25, 0.3) is 0 Å². The van der Waals surface area contributed by atoms with E-state index in [-0.39, 0.29) is 0 Å². The second-order valence-electron chi connectivity index (χ2n) is 4.67. The molecule has 1 heterocycles. The maximum atomic E-state index is 5.50. The molecule has 21 heavy (non-hydrogen) atoms. The summed E-state index contributed by atoms with van der Waals surface area (Å²) in [5.74, 6) is 1.50. The summed E-state index contributed by atoms with van der Waals surface area (Å²) in [4.78, 5) is 0. The highest BCUT2D eigenvalue weighted by atomic mass is 16.5. The normalized spacial score (nSPS) is 10.6. The summed E-state index contributed by atoms with van der Waals surface area (Å²) in [7, 11) is 1.68. The number of para-hydroxylation sites is 1. The molecule has 0 spiro atoms. The third-order valence-electron chi connectivity index (χ3n) is 3.03. The van der Waals surface area contributed by atoms with Crippen molar-refractivity contribution in [1.29, 1.82) is 0 Å². The largest absolute Gasteiger partial charge is 0.496 e. The predicted octanol–water partition coefficient (Wildman–Crippen LogP) is 2.23. The van der Waals surface area contributed by atoms with E-state index in [9.17, 15) is 0 Å². The number of hydrogen-bond acceptors (Lipinski definition) is 6. The highest BCUT2D eigenvalue weighted by molar-refractivity contribution is 5.34. The minimum Gasteiger partial charge on any atom is -0.496 e. The van der Waals surface area contributed by atoms with E-state index in [2.05, 4.69) is 33.8 Å². The summed E-state index contributed by atoms with van der Waals surface area (Å²) in [5.41, 5.74) is 1.15. The maximum absolute atomic E-state index is 5.50. The smallest absolute Gasteiger partial charge is 0.315 e. The molecule has 0 fully saturated rings. The van der Waals surface area contributed by atoms with Crippen molar-refractivity contribution < 1.29 is 9.15 Å². The van der Waals surface area contributed by atoms with Crippen LogP contribution in [-0.4, -0.2) is 30.4 Å². The predicted molar refractivity (Wildman–Crippen MR) is 81.5 cm³/mol. The molecule has 114 valence electrons. The highest BCUT2D eigenvalue weighted by Gasteiger charge is 2.06. The Kier molecular flexibility index (Phi) is 6.02. The first-order chi connectivity index (χ1) is 10.3. The van der Waals surface area contributed by atoms with Gasteiger partial charge in [0.1, 0.15) is 5.75 Å². The molecule has 1 aromatic heterocycles. The number of hydrogen-bond donors (Lipinski definition) is 2. The summed E-state index contributed by atoms with van der Waals surface area (Å²) in [5, 5.41) is 14.3. The average Bonchev–Trinajstić information content (AvgIpc) is 2.96. The third kappa shape index (κ3) is 4.75. The van der Waals surface area contributed by atoms with Crippen molar-refractivity contribution in [2.24, 2.45) is 0 Å². The van der Waals surface area contributed by atoms with Crippen LogP contribution in [0.5, 0.6) is 5.75 Å². The Hall–Kier alpha value is -2.08. The molecule has 0 unspecified atom stereocenters. The van der Waals surface area contributed by atoms with E-state index in [1.54, 1.807) is 7.11 Å². The molecule has 0 amide bonds. The van der Waals surface area contributed by atoms with Crippen molar-refractivity contribution in [3.63, 3.8) is 0 Å². The molecule has 0 bridgehead atoms. The van der Waals surface area contributed by atoms with Crippen LogP contribution >= 0.6 is 0 Å². The van der Waals surface area contributed by atoms with Crippen molar-refractivity contribution in [1.82, 2.24) is 15.5 Å². The summed E-state index contributed by atoms with van der Waals surface area (Å²) in [6.45, 7) is 4.38. The standard InChI is InChI=1S/C15H22N4O2/c1-3-9-16-11-14-18-19-15(21-14)17-10-8-12-6-4-5-7-13(12)20-2/h4-7,16H,3,8-11H2,1-2H3,(H,17,19). The molecule has 2 aromatic rings. The second kappa shape index (κ2) is 8.26. The van der Waals surface area contributed by atoms with Crippen molar-refractivity contribution in [2.45, 2.75) is 26.3 Å².